The Bertz CT molecular complexity index is 667. The number of benzene rings is 1. The highest BCUT2D eigenvalue weighted by Gasteiger charge is 2.23. The molecular weight excluding hydrogens is 302 g/mol. The number of para-hydroxylation sites is 1. The van der Waals surface area contributed by atoms with E-state index in [1.165, 1.54) is 0 Å². The van der Waals surface area contributed by atoms with Crippen molar-refractivity contribution in [1.29, 1.82) is 0 Å². The second kappa shape index (κ2) is 7.81. The summed E-state index contributed by atoms with van der Waals surface area (Å²) in [4.78, 5) is 16.3. The number of anilines is 1. The number of nitrogens with one attached hydrogen (secondary N) is 2. The standard InChI is InChI=1S/C19H23N3O2/c1-14-6-2-3-7-17(14)22-19(23)21-15-9-11-16(12-10-15)24-18-8-4-5-13-20-18/h2-8,13,15-16H,9-12H2,1H3,(H2,21,22,23). The molecule has 1 aliphatic carbocycles. The van der Waals surface area contributed by atoms with Crippen LogP contribution in [0.3, 0.4) is 0 Å². The van der Waals surface area contributed by atoms with Crippen LogP contribution >= 0.6 is 0 Å². The van der Waals surface area contributed by atoms with Crippen molar-refractivity contribution in [2.45, 2.75) is 44.8 Å². The lowest BCUT2D eigenvalue weighted by Gasteiger charge is -2.29. The van der Waals surface area contributed by atoms with Crippen LogP contribution in [0.15, 0.2) is 48.7 Å². The molecule has 5 heteroatoms. The molecule has 0 bridgehead atoms. The van der Waals surface area contributed by atoms with Crippen molar-refractivity contribution in [3.8, 4) is 5.88 Å². The van der Waals surface area contributed by atoms with E-state index in [0.717, 1.165) is 36.9 Å². The van der Waals surface area contributed by atoms with E-state index in [0.29, 0.717) is 5.88 Å². The van der Waals surface area contributed by atoms with Gasteiger partial charge in [0, 0.05) is 24.0 Å². The molecule has 2 amide bonds. The summed E-state index contributed by atoms with van der Waals surface area (Å²) >= 11 is 0. The Morgan fingerprint density at radius 3 is 2.54 bits per heavy atom. The van der Waals surface area contributed by atoms with Gasteiger partial charge in [0.15, 0.2) is 0 Å². The fraction of sp³-hybridized carbons (Fsp3) is 0.368. The van der Waals surface area contributed by atoms with Crippen LogP contribution in [0.25, 0.3) is 0 Å². The number of hydrogen-bond acceptors (Lipinski definition) is 3. The predicted octanol–water partition coefficient (Wildman–Crippen LogP) is 3.90. The molecule has 2 N–H and O–H groups in total. The van der Waals surface area contributed by atoms with Crippen LogP contribution in [0.1, 0.15) is 31.2 Å². The number of rotatable bonds is 4. The van der Waals surface area contributed by atoms with E-state index in [9.17, 15) is 4.79 Å². The van der Waals surface area contributed by atoms with E-state index in [1.54, 1.807) is 6.20 Å². The molecule has 0 atom stereocenters. The number of pyridine rings is 1. The summed E-state index contributed by atoms with van der Waals surface area (Å²) in [5.41, 5.74) is 1.90. The molecular formula is C19H23N3O2. The minimum atomic E-state index is -0.140. The molecule has 1 fully saturated rings. The lowest BCUT2D eigenvalue weighted by atomic mass is 9.93. The Morgan fingerprint density at radius 2 is 1.83 bits per heavy atom. The summed E-state index contributed by atoms with van der Waals surface area (Å²) in [6.07, 6.45) is 5.59. The first-order chi connectivity index (χ1) is 11.7. The summed E-state index contributed by atoms with van der Waals surface area (Å²) in [5, 5.41) is 5.97. The van der Waals surface area contributed by atoms with Gasteiger partial charge < -0.3 is 15.4 Å². The van der Waals surface area contributed by atoms with Crippen LogP contribution in [0.2, 0.25) is 0 Å². The Balaban J connectivity index is 1.43. The van der Waals surface area contributed by atoms with Gasteiger partial charge in [-0.15, -0.1) is 0 Å². The quantitative estimate of drug-likeness (QED) is 0.896. The first kappa shape index (κ1) is 16.3. The van der Waals surface area contributed by atoms with Crippen molar-refractivity contribution < 1.29 is 9.53 Å². The first-order valence-electron chi connectivity index (χ1n) is 8.41. The van der Waals surface area contributed by atoms with Crippen molar-refractivity contribution in [3.63, 3.8) is 0 Å². The van der Waals surface area contributed by atoms with Gasteiger partial charge >= 0.3 is 6.03 Å². The summed E-state index contributed by atoms with van der Waals surface area (Å²) in [6, 6.07) is 13.5. The Kier molecular flexibility index (Phi) is 5.31. The maximum atomic E-state index is 12.1. The largest absolute Gasteiger partial charge is 0.474 e. The normalized spacial score (nSPS) is 20.2. The number of nitrogens with zero attached hydrogens (tertiary/aromatic N) is 1. The smallest absolute Gasteiger partial charge is 0.319 e. The minimum absolute atomic E-state index is 0.140. The van der Waals surface area contributed by atoms with E-state index in [1.807, 2.05) is 49.4 Å². The van der Waals surface area contributed by atoms with Gasteiger partial charge in [-0.2, -0.15) is 0 Å². The second-order valence-corrected chi connectivity index (χ2v) is 6.17. The molecule has 24 heavy (non-hydrogen) atoms. The van der Waals surface area contributed by atoms with Crippen LogP contribution in [0, 0.1) is 6.92 Å². The molecule has 1 aromatic heterocycles. The molecule has 0 radical (unpaired) electrons. The molecule has 3 rings (SSSR count). The molecule has 2 aromatic rings. The SMILES string of the molecule is Cc1ccccc1NC(=O)NC1CCC(Oc2ccccn2)CC1. The van der Waals surface area contributed by atoms with Crippen LogP contribution in [0.5, 0.6) is 5.88 Å². The van der Waals surface area contributed by atoms with E-state index < -0.39 is 0 Å². The zero-order chi connectivity index (χ0) is 16.8. The summed E-state index contributed by atoms with van der Waals surface area (Å²) < 4.78 is 5.88. The number of aryl methyl sites for hydroxylation is 1. The zero-order valence-electron chi connectivity index (χ0n) is 13.9. The molecule has 1 saturated carbocycles. The maximum Gasteiger partial charge on any atom is 0.319 e. The Hall–Kier alpha value is -2.56. The van der Waals surface area contributed by atoms with Crippen LogP contribution in [-0.4, -0.2) is 23.2 Å². The van der Waals surface area contributed by atoms with Gasteiger partial charge in [-0.25, -0.2) is 9.78 Å². The van der Waals surface area contributed by atoms with Crippen molar-refractivity contribution in [1.82, 2.24) is 10.3 Å². The average Bonchev–Trinajstić information content (AvgIpc) is 2.60. The fourth-order valence-electron chi connectivity index (χ4n) is 2.97. The number of ether oxygens (including phenoxy) is 1. The minimum Gasteiger partial charge on any atom is -0.474 e. The number of hydrogen-bond donors (Lipinski definition) is 2. The van der Waals surface area contributed by atoms with Crippen LogP contribution < -0.4 is 15.4 Å². The number of aromatic nitrogens is 1. The van der Waals surface area contributed by atoms with Crippen LogP contribution in [-0.2, 0) is 0 Å². The molecule has 0 spiro atoms. The highest BCUT2D eigenvalue weighted by molar-refractivity contribution is 5.90. The lowest BCUT2D eigenvalue weighted by molar-refractivity contribution is 0.135. The monoisotopic (exact) mass is 325 g/mol. The van der Waals surface area contributed by atoms with Crippen LogP contribution in [0.4, 0.5) is 10.5 Å². The van der Waals surface area contributed by atoms with Gasteiger partial charge in [0.05, 0.1) is 0 Å². The van der Waals surface area contributed by atoms with Gasteiger partial charge in [0.25, 0.3) is 0 Å². The first-order valence-corrected chi connectivity index (χ1v) is 8.41. The molecule has 5 nitrogen and oxygen atoms in total. The topological polar surface area (TPSA) is 63.2 Å². The summed E-state index contributed by atoms with van der Waals surface area (Å²) in [6.45, 7) is 1.98. The third-order valence-electron chi connectivity index (χ3n) is 4.33. The lowest BCUT2D eigenvalue weighted by Crippen LogP contribution is -2.41. The summed E-state index contributed by atoms with van der Waals surface area (Å²) in [5.74, 6) is 0.672. The van der Waals surface area contributed by atoms with E-state index in [-0.39, 0.29) is 18.2 Å². The van der Waals surface area contributed by atoms with Crippen molar-refractivity contribution in [3.05, 3.63) is 54.2 Å². The molecule has 1 aliphatic rings. The zero-order valence-corrected chi connectivity index (χ0v) is 13.9. The fourth-order valence-corrected chi connectivity index (χ4v) is 2.97. The average molecular weight is 325 g/mol. The Morgan fingerprint density at radius 1 is 1.08 bits per heavy atom. The molecule has 0 saturated heterocycles. The molecule has 0 unspecified atom stereocenters. The van der Waals surface area contributed by atoms with Gasteiger partial charge in [-0.1, -0.05) is 24.3 Å². The van der Waals surface area contributed by atoms with Crippen molar-refractivity contribution >= 4 is 11.7 Å². The summed E-state index contributed by atoms with van der Waals surface area (Å²) in [7, 11) is 0. The highest BCUT2D eigenvalue weighted by atomic mass is 16.5. The number of carbonyl (C=O) groups is 1. The molecule has 0 aliphatic heterocycles. The van der Waals surface area contributed by atoms with Gasteiger partial charge in [-0.05, 0) is 50.3 Å². The van der Waals surface area contributed by atoms with E-state index in [4.69, 9.17) is 4.74 Å². The number of urea groups is 1. The third-order valence-corrected chi connectivity index (χ3v) is 4.33. The second-order valence-electron chi connectivity index (χ2n) is 6.17. The molecule has 1 heterocycles. The number of carbonyl (C=O) groups excluding carboxylic acids is 1. The van der Waals surface area contributed by atoms with Gasteiger partial charge in [0.1, 0.15) is 6.10 Å². The highest BCUT2D eigenvalue weighted by Crippen LogP contribution is 2.23. The maximum absolute atomic E-state index is 12.1. The van der Waals surface area contributed by atoms with Gasteiger partial charge in [-0.3, -0.25) is 0 Å². The van der Waals surface area contributed by atoms with Crippen molar-refractivity contribution in [2.75, 3.05) is 5.32 Å². The predicted molar refractivity (Wildman–Crippen MR) is 94.2 cm³/mol. The van der Waals surface area contributed by atoms with Gasteiger partial charge in [0.2, 0.25) is 5.88 Å². The third kappa shape index (κ3) is 4.47. The van der Waals surface area contributed by atoms with Crippen molar-refractivity contribution in [2.24, 2.45) is 0 Å². The molecule has 126 valence electrons. The molecule has 1 aromatic carbocycles. The van der Waals surface area contributed by atoms with E-state index in [2.05, 4.69) is 15.6 Å². The van der Waals surface area contributed by atoms with E-state index >= 15 is 0 Å². The number of amides is 2. The Labute approximate surface area is 142 Å².